The first-order valence-corrected chi connectivity index (χ1v) is 12.7. The highest BCUT2D eigenvalue weighted by molar-refractivity contribution is 7.21. The molecule has 0 N–H and O–H groups in total. The van der Waals surface area contributed by atoms with E-state index in [2.05, 4.69) is 131 Å². The summed E-state index contributed by atoms with van der Waals surface area (Å²) in [5.74, 6) is 0. The normalized spacial score (nSPS) is 12.0. The van der Waals surface area contributed by atoms with E-state index in [-0.39, 0.29) is 0 Å². The summed E-state index contributed by atoms with van der Waals surface area (Å²) in [6, 6.07) is 41.9. The van der Waals surface area contributed by atoms with Crippen molar-refractivity contribution in [1.82, 2.24) is 9.13 Å². The van der Waals surface area contributed by atoms with Gasteiger partial charge in [0.2, 0.25) is 0 Å². The lowest BCUT2D eigenvalue weighted by molar-refractivity contribution is 1.13. The van der Waals surface area contributed by atoms with Crippen molar-refractivity contribution in [3.05, 3.63) is 121 Å². The standard InChI is InChI=1S/C32H20N2S/c1-2-9-24(10-3-1)33-17-16-22-18-27-21(19-29(22)33)14-15-26-25-11-5-6-12-28(25)34(32(26)27)31-20-23-8-4-7-13-30(23)35-31/h1-20H. The van der Waals surface area contributed by atoms with E-state index >= 15 is 0 Å². The zero-order valence-corrected chi connectivity index (χ0v) is 19.7. The highest BCUT2D eigenvalue weighted by atomic mass is 32.1. The molecule has 0 saturated carbocycles. The third-order valence-electron chi connectivity index (χ3n) is 7.13. The number of nitrogens with zero attached hydrogens (tertiary/aromatic N) is 2. The summed E-state index contributed by atoms with van der Waals surface area (Å²) in [6.07, 6.45) is 2.18. The molecule has 3 heterocycles. The maximum absolute atomic E-state index is 2.47. The molecule has 0 atom stereocenters. The summed E-state index contributed by atoms with van der Waals surface area (Å²) in [6.45, 7) is 0. The summed E-state index contributed by atoms with van der Waals surface area (Å²) < 4.78 is 6.06. The number of benzene rings is 5. The number of rotatable bonds is 2. The molecule has 0 fully saturated rings. The minimum atomic E-state index is 1.18. The van der Waals surface area contributed by atoms with Crippen LogP contribution < -0.4 is 0 Å². The summed E-state index contributed by atoms with van der Waals surface area (Å²) in [7, 11) is 0. The molecule has 2 nitrogen and oxygen atoms in total. The molecule has 164 valence electrons. The van der Waals surface area contributed by atoms with Crippen molar-refractivity contribution in [3.8, 4) is 10.7 Å². The van der Waals surface area contributed by atoms with E-state index in [0.717, 1.165) is 0 Å². The number of hydrogen-bond acceptors (Lipinski definition) is 1. The molecule has 0 unspecified atom stereocenters. The number of aromatic nitrogens is 2. The van der Waals surface area contributed by atoms with Crippen LogP contribution in [0.25, 0.3) is 64.3 Å². The second-order valence-corrected chi connectivity index (χ2v) is 10.2. The first kappa shape index (κ1) is 19.0. The van der Waals surface area contributed by atoms with Crippen LogP contribution in [0.3, 0.4) is 0 Å². The quantitative estimate of drug-likeness (QED) is 0.241. The zero-order chi connectivity index (χ0) is 22.9. The van der Waals surface area contributed by atoms with Crippen molar-refractivity contribution in [2.24, 2.45) is 0 Å². The van der Waals surface area contributed by atoms with Crippen molar-refractivity contribution < 1.29 is 0 Å². The van der Waals surface area contributed by atoms with Gasteiger partial charge >= 0.3 is 0 Å². The van der Waals surface area contributed by atoms with Crippen LogP contribution in [0, 0.1) is 0 Å². The molecular formula is C32H20N2S. The molecule has 0 radical (unpaired) electrons. The van der Waals surface area contributed by atoms with Gasteiger partial charge in [0.15, 0.2) is 0 Å². The zero-order valence-electron chi connectivity index (χ0n) is 18.8. The predicted molar refractivity (Wildman–Crippen MR) is 151 cm³/mol. The molecule has 0 amide bonds. The van der Waals surface area contributed by atoms with Crippen molar-refractivity contribution >= 4 is 64.9 Å². The van der Waals surface area contributed by atoms with Gasteiger partial charge in [-0.1, -0.05) is 66.7 Å². The van der Waals surface area contributed by atoms with Gasteiger partial charge in [-0.25, -0.2) is 0 Å². The van der Waals surface area contributed by atoms with Crippen LogP contribution in [0.1, 0.15) is 0 Å². The Labute approximate surface area is 205 Å². The van der Waals surface area contributed by atoms with E-state index < -0.39 is 0 Å². The molecule has 0 saturated heterocycles. The fraction of sp³-hybridized carbons (Fsp3) is 0. The van der Waals surface area contributed by atoms with E-state index in [1.807, 2.05) is 11.3 Å². The molecule has 0 aliphatic carbocycles. The Bertz CT molecular complexity index is 2020. The molecular weight excluding hydrogens is 444 g/mol. The third-order valence-corrected chi connectivity index (χ3v) is 8.23. The van der Waals surface area contributed by atoms with Crippen LogP contribution in [-0.4, -0.2) is 9.13 Å². The smallest absolute Gasteiger partial charge is 0.101 e. The number of hydrogen-bond donors (Lipinski definition) is 0. The second-order valence-electron chi connectivity index (χ2n) is 9.09. The van der Waals surface area contributed by atoms with Crippen molar-refractivity contribution in [3.63, 3.8) is 0 Å². The molecule has 0 bridgehead atoms. The number of para-hydroxylation sites is 2. The van der Waals surface area contributed by atoms with Crippen LogP contribution in [0.4, 0.5) is 0 Å². The van der Waals surface area contributed by atoms with Gasteiger partial charge in [0, 0.05) is 38.1 Å². The molecule has 0 spiro atoms. The van der Waals surface area contributed by atoms with Crippen molar-refractivity contribution in [1.29, 1.82) is 0 Å². The van der Waals surface area contributed by atoms with Gasteiger partial charge in [0.25, 0.3) is 0 Å². The SMILES string of the molecule is c1ccc(-n2ccc3cc4c(ccc5c6ccccc6n(-c6cc7ccccc7s6)c45)cc32)cc1. The Kier molecular flexibility index (Phi) is 3.85. The van der Waals surface area contributed by atoms with E-state index in [9.17, 15) is 0 Å². The maximum Gasteiger partial charge on any atom is 0.101 e. The maximum atomic E-state index is 2.47. The van der Waals surface area contributed by atoms with Gasteiger partial charge in [-0.3, -0.25) is 4.57 Å². The lowest BCUT2D eigenvalue weighted by Gasteiger charge is -2.09. The van der Waals surface area contributed by atoms with Gasteiger partial charge in [-0.05, 0) is 59.3 Å². The number of fused-ring (bicyclic) bond motifs is 7. The fourth-order valence-electron chi connectivity index (χ4n) is 5.53. The van der Waals surface area contributed by atoms with Crippen molar-refractivity contribution in [2.75, 3.05) is 0 Å². The predicted octanol–water partition coefficient (Wildman–Crippen LogP) is 9.10. The molecule has 0 aliphatic rings. The first-order chi connectivity index (χ1) is 17.3. The monoisotopic (exact) mass is 464 g/mol. The Morgan fingerprint density at radius 1 is 0.514 bits per heavy atom. The van der Waals surface area contributed by atoms with Gasteiger partial charge < -0.3 is 4.57 Å². The Morgan fingerprint density at radius 3 is 2.26 bits per heavy atom. The van der Waals surface area contributed by atoms with Crippen LogP contribution in [0.5, 0.6) is 0 Å². The Hall–Kier alpha value is -4.34. The Balaban J connectivity index is 1.50. The average Bonchev–Trinajstić information content (AvgIpc) is 3.61. The first-order valence-electron chi connectivity index (χ1n) is 11.9. The fourth-order valence-corrected chi connectivity index (χ4v) is 6.62. The van der Waals surface area contributed by atoms with Gasteiger partial charge in [-0.15, -0.1) is 11.3 Å². The lowest BCUT2D eigenvalue weighted by Crippen LogP contribution is -1.92. The highest BCUT2D eigenvalue weighted by Crippen LogP contribution is 2.40. The van der Waals surface area contributed by atoms with Crippen LogP contribution in [-0.2, 0) is 0 Å². The van der Waals surface area contributed by atoms with E-state index in [0.29, 0.717) is 0 Å². The van der Waals surface area contributed by atoms with E-state index in [1.54, 1.807) is 0 Å². The summed E-state index contributed by atoms with van der Waals surface area (Å²) >= 11 is 1.86. The molecule has 35 heavy (non-hydrogen) atoms. The molecule has 3 heteroatoms. The van der Waals surface area contributed by atoms with E-state index in [1.165, 1.54) is 64.3 Å². The van der Waals surface area contributed by atoms with E-state index in [4.69, 9.17) is 0 Å². The third kappa shape index (κ3) is 2.70. The van der Waals surface area contributed by atoms with Crippen molar-refractivity contribution in [2.45, 2.75) is 0 Å². The van der Waals surface area contributed by atoms with Gasteiger partial charge in [-0.2, -0.15) is 0 Å². The average molecular weight is 465 g/mol. The van der Waals surface area contributed by atoms with Crippen LogP contribution in [0.15, 0.2) is 121 Å². The highest BCUT2D eigenvalue weighted by Gasteiger charge is 2.17. The van der Waals surface area contributed by atoms with Gasteiger partial charge in [0.05, 0.1) is 16.6 Å². The second kappa shape index (κ2) is 7.08. The molecule has 8 aromatic rings. The molecule has 0 aliphatic heterocycles. The summed E-state index contributed by atoms with van der Waals surface area (Å²) in [4.78, 5) is 0. The molecule has 5 aromatic carbocycles. The largest absolute Gasteiger partial charge is 0.317 e. The minimum absolute atomic E-state index is 1.18. The number of thiophene rings is 1. The minimum Gasteiger partial charge on any atom is -0.317 e. The van der Waals surface area contributed by atoms with Crippen LogP contribution in [0.2, 0.25) is 0 Å². The van der Waals surface area contributed by atoms with Gasteiger partial charge in [0.1, 0.15) is 5.00 Å². The Morgan fingerprint density at radius 2 is 1.34 bits per heavy atom. The summed E-state index contributed by atoms with van der Waals surface area (Å²) in [5.41, 5.74) is 4.95. The van der Waals surface area contributed by atoms with Crippen LogP contribution >= 0.6 is 11.3 Å². The lowest BCUT2D eigenvalue weighted by atomic mass is 10.0. The molecule has 3 aromatic heterocycles. The topological polar surface area (TPSA) is 9.86 Å². The molecule has 8 rings (SSSR count). The summed E-state index contributed by atoms with van der Waals surface area (Å²) in [5, 5.41) is 8.94.